The molecule has 0 radical (unpaired) electrons. The summed E-state index contributed by atoms with van der Waals surface area (Å²) < 4.78 is 1.51. The number of nitrogens with zero attached hydrogens (tertiary/aromatic N) is 2. The number of carboxylic acid groups (broad SMARTS) is 1. The van der Waals surface area contributed by atoms with Crippen molar-refractivity contribution in [3.63, 3.8) is 0 Å². The first-order valence-corrected chi connectivity index (χ1v) is 9.38. The fourth-order valence-corrected chi connectivity index (χ4v) is 3.73. The van der Waals surface area contributed by atoms with Gasteiger partial charge in [0.25, 0.3) is 5.56 Å². The Labute approximate surface area is 155 Å². The van der Waals surface area contributed by atoms with Gasteiger partial charge in [-0.15, -0.1) is 11.3 Å². The molecule has 26 heavy (non-hydrogen) atoms. The lowest BCUT2D eigenvalue weighted by molar-refractivity contribution is -0.147. The second kappa shape index (κ2) is 6.68. The van der Waals surface area contributed by atoms with E-state index in [1.165, 1.54) is 15.9 Å². The van der Waals surface area contributed by atoms with Gasteiger partial charge in [-0.1, -0.05) is 36.8 Å². The maximum absolute atomic E-state index is 13.2. The molecule has 0 unspecified atom stereocenters. The molecular weight excluding hydrogens is 348 g/mol. The Hall–Kier alpha value is -2.47. The van der Waals surface area contributed by atoms with Crippen LogP contribution in [0.1, 0.15) is 31.2 Å². The van der Waals surface area contributed by atoms with Crippen LogP contribution in [0.5, 0.6) is 0 Å². The number of hydrogen-bond donors (Lipinski definition) is 1. The van der Waals surface area contributed by atoms with Crippen molar-refractivity contribution in [2.45, 2.75) is 40.7 Å². The molecule has 0 atom stereocenters. The Morgan fingerprint density at radius 3 is 2.50 bits per heavy atom. The van der Waals surface area contributed by atoms with Gasteiger partial charge >= 0.3 is 5.97 Å². The van der Waals surface area contributed by atoms with E-state index in [-0.39, 0.29) is 12.1 Å². The number of aryl methyl sites for hydroxylation is 2. The van der Waals surface area contributed by atoms with Crippen LogP contribution in [0.25, 0.3) is 21.6 Å². The van der Waals surface area contributed by atoms with E-state index in [4.69, 9.17) is 4.98 Å². The van der Waals surface area contributed by atoms with Gasteiger partial charge in [0.05, 0.1) is 10.8 Å². The average Bonchev–Trinajstić information content (AvgIpc) is 3.01. The fourth-order valence-electron chi connectivity index (χ4n) is 2.77. The minimum atomic E-state index is -1.08. The molecule has 2 heterocycles. The number of thiophene rings is 1. The molecule has 136 valence electrons. The van der Waals surface area contributed by atoms with Crippen molar-refractivity contribution in [1.29, 1.82) is 0 Å². The van der Waals surface area contributed by atoms with Crippen LogP contribution in [0, 0.1) is 12.3 Å². The Bertz CT molecular complexity index is 1030. The Morgan fingerprint density at radius 2 is 1.92 bits per heavy atom. The molecule has 0 amide bonds. The zero-order chi connectivity index (χ0) is 19.1. The summed E-state index contributed by atoms with van der Waals surface area (Å²) in [7, 11) is 0. The highest BCUT2D eigenvalue weighted by Crippen LogP contribution is 2.28. The van der Waals surface area contributed by atoms with E-state index in [1.54, 1.807) is 13.8 Å². The van der Waals surface area contributed by atoms with E-state index in [0.717, 1.165) is 22.4 Å². The number of benzene rings is 1. The first kappa shape index (κ1) is 18.3. The van der Waals surface area contributed by atoms with Crippen molar-refractivity contribution in [2.24, 2.45) is 5.41 Å². The zero-order valence-corrected chi connectivity index (χ0v) is 16.2. The first-order valence-electron chi connectivity index (χ1n) is 8.56. The number of fused-ring (bicyclic) bond motifs is 1. The molecule has 0 saturated carbocycles. The van der Waals surface area contributed by atoms with Gasteiger partial charge in [0, 0.05) is 17.0 Å². The SMILES string of the molecule is CCc1cc2c(=O)n(CC(C)(C)C(=O)O)c(-c3ccc(C)cc3)nc2s1. The molecule has 2 aromatic heterocycles. The number of carboxylic acids is 1. The number of aromatic nitrogens is 2. The van der Waals surface area contributed by atoms with Gasteiger partial charge in [-0.25, -0.2) is 4.98 Å². The van der Waals surface area contributed by atoms with Crippen molar-refractivity contribution in [3.05, 3.63) is 51.1 Å². The smallest absolute Gasteiger partial charge is 0.310 e. The van der Waals surface area contributed by atoms with Gasteiger partial charge in [0.2, 0.25) is 0 Å². The van der Waals surface area contributed by atoms with Gasteiger partial charge in [0.1, 0.15) is 10.7 Å². The third kappa shape index (κ3) is 3.29. The summed E-state index contributed by atoms with van der Waals surface area (Å²) in [5.74, 6) is -0.430. The van der Waals surface area contributed by atoms with Crippen molar-refractivity contribution in [3.8, 4) is 11.4 Å². The highest BCUT2D eigenvalue weighted by Gasteiger charge is 2.30. The van der Waals surface area contributed by atoms with Gasteiger partial charge in [0.15, 0.2) is 0 Å². The predicted molar refractivity (Wildman–Crippen MR) is 105 cm³/mol. The van der Waals surface area contributed by atoms with Crippen LogP contribution in [0.15, 0.2) is 35.1 Å². The van der Waals surface area contributed by atoms with Gasteiger partial charge in [-0.2, -0.15) is 0 Å². The molecule has 0 aliphatic carbocycles. The topological polar surface area (TPSA) is 72.2 Å². The first-order chi connectivity index (χ1) is 12.2. The van der Waals surface area contributed by atoms with Crippen LogP contribution in [0.3, 0.4) is 0 Å². The molecule has 6 heteroatoms. The van der Waals surface area contributed by atoms with E-state index in [9.17, 15) is 14.7 Å². The Kier molecular flexibility index (Phi) is 4.71. The van der Waals surface area contributed by atoms with Crippen LogP contribution < -0.4 is 5.56 Å². The van der Waals surface area contributed by atoms with Crippen molar-refractivity contribution in [2.75, 3.05) is 0 Å². The molecule has 3 rings (SSSR count). The Balaban J connectivity index is 2.29. The summed E-state index contributed by atoms with van der Waals surface area (Å²) in [6.07, 6.45) is 0.834. The lowest BCUT2D eigenvalue weighted by Crippen LogP contribution is -2.35. The third-order valence-electron chi connectivity index (χ3n) is 4.49. The summed E-state index contributed by atoms with van der Waals surface area (Å²) in [5, 5.41) is 10.1. The van der Waals surface area contributed by atoms with Gasteiger partial charge < -0.3 is 5.11 Å². The molecule has 0 spiro atoms. The quantitative estimate of drug-likeness (QED) is 0.734. The summed E-state index contributed by atoms with van der Waals surface area (Å²) in [6, 6.07) is 9.64. The molecule has 1 aromatic carbocycles. The maximum Gasteiger partial charge on any atom is 0.310 e. The van der Waals surface area contributed by atoms with E-state index in [0.29, 0.717) is 16.0 Å². The molecule has 0 saturated heterocycles. The van der Waals surface area contributed by atoms with E-state index in [2.05, 4.69) is 0 Å². The molecule has 5 nitrogen and oxygen atoms in total. The van der Waals surface area contributed by atoms with Crippen molar-refractivity contribution >= 4 is 27.5 Å². The second-order valence-electron chi connectivity index (χ2n) is 7.17. The maximum atomic E-state index is 13.2. The summed E-state index contributed by atoms with van der Waals surface area (Å²) in [6.45, 7) is 7.34. The normalized spacial score (nSPS) is 11.8. The van der Waals surface area contributed by atoms with Crippen LogP contribution in [0.4, 0.5) is 0 Å². The van der Waals surface area contributed by atoms with Gasteiger partial charge in [-0.3, -0.25) is 14.2 Å². The van der Waals surface area contributed by atoms with Crippen molar-refractivity contribution < 1.29 is 9.90 Å². The minimum absolute atomic E-state index is 0.0601. The number of rotatable bonds is 5. The van der Waals surface area contributed by atoms with Crippen LogP contribution >= 0.6 is 11.3 Å². The minimum Gasteiger partial charge on any atom is -0.481 e. The molecule has 1 N–H and O–H groups in total. The molecular formula is C20H22N2O3S. The standard InChI is InChI=1S/C20H22N2O3S/c1-5-14-10-15-17(26-14)21-16(13-8-6-12(2)7-9-13)22(18(15)23)11-20(3,4)19(24)25/h6-10H,5,11H2,1-4H3,(H,24,25). The average molecular weight is 370 g/mol. The predicted octanol–water partition coefficient (Wildman–Crippen LogP) is 4.11. The highest BCUT2D eigenvalue weighted by atomic mass is 32.1. The molecule has 3 aromatic rings. The lowest BCUT2D eigenvalue weighted by Gasteiger charge is -2.22. The molecule has 0 aliphatic heterocycles. The van der Waals surface area contributed by atoms with Crippen LogP contribution in [0.2, 0.25) is 0 Å². The van der Waals surface area contributed by atoms with E-state index < -0.39 is 11.4 Å². The third-order valence-corrected chi connectivity index (χ3v) is 5.67. The summed E-state index contributed by atoms with van der Waals surface area (Å²) in [4.78, 5) is 31.3. The number of aliphatic carboxylic acids is 1. The van der Waals surface area contributed by atoms with Crippen LogP contribution in [-0.2, 0) is 17.8 Å². The highest BCUT2D eigenvalue weighted by molar-refractivity contribution is 7.18. The van der Waals surface area contributed by atoms with Gasteiger partial charge in [-0.05, 0) is 33.3 Å². The fraction of sp³-hybridized carbons (Fsp3) is 0.350. The van der Waals surface area contributed by atoms with E-state index >= 15 is 0 Å². The number of carbonyl (C=O) groups is 1. The largest absolute Gasteiger partial charge is 0.481 e. The molecule has 0 aliphatic rings. The molecule has 0 bridgehead atoms. The summed E-state index contributed by atoms with van der Waals surface area (Å²) in [5.41, 5.74) is 0.652. The lowest BCUT2D eigenvalue weighted by atomic mass is 9.93. The van der Waals surface area contributed by atoms with Crippen LogP contribution in [-0.4, -0.2) is 20.6 Å². The second-order valence-corrected chi connectivity index (χ2v) is 8.28. The monoisotopic (exact) mass is 370 g/mol. The number of hydrogen-bond acceptors (Lipinski definition) is 4. The zero-order valence-electron chi connectivity index (χ0n) is 15.4. The molecule has 0 fully saturated rings. The van der Waals surface area contributed by atoms with E-state index in [1.807, 2.05) is 44.2 Å². The van der Waals surface area contributed by atoms with Crippen molar-refractivity contribution in [1.82, 2.24) is 9.55 Å². The summed E-state index contributed by atoms with van der Waals surface area (Å²) >= 11 is 1.52. The Morgan fingerprint density at radius 1 is 1.27 bits per heavy atom.